The molecule has 2 heterocycles. The van der Waals surface area contributed by atoms with E-state index in [9.17, 15) is 18.7 Å². The molecule has 128 valence electrons. The fraction of sp³-hybridized carbons (Fsp3) is 0.118. The van der Waals surface area contributed by atoms with Crippen LogP contribution in [0, 0.1) is 0 Å². The third-order valence-corrected chi connectivity index (χ3v) is 3.70. The molecule has 1 aromatic heterocycles. The van der Waals surface area contributed by atoms with E-state index in [1.807, 2.05) is 0 Å². The van der Waals surface area contributed by atoms with Gasteiger partial charge in [-0.15, -0.1) is 8.78 Å². The highest BCUT2D eigenvalue weighted by atomic mass is 19.3. The van der Waals surface area contributed by atoms with Crippen molar-refractivity contribution < 1.29 is 32.5 Å². The van der Waals surface area contributed by atoms with Crippen LogP contribution in [0.3, 0.4) is 0 Å². The highest BCUT2D eigenvalue weighted by molar-refractivity contribution is 5.86. The summed E-state index contributed by atoms with van der Waals surface area (Å²) in [6.45, 7) is 0. The second kappa shape index (κ2) is 5.10. The van der Waals surface area contributed by atoms with Crippen molar-refractivity contribution in [1.29, 1.82) is 0 Å². The second-order valence-electron chi connectivity index (χ2n) is 5.32. The van der Waals surface area contributed by atoms with Crippen molar-refractivity contribution in [2.75, 3.05) is 7.11 Å². The molecule has 1 N–H and O–H groups in total. The first-order valence-electron chi connectivity index (χ1n) is 7.11. The topological polar surface area (TPSA) is 78.1 Å². The lowest BCUT2D eigenvalue weighted by molar-refractivity contribution is -0.286. The molecular formula is C17H10F2O6. The number of fused-ring (bicyclic) bond motifs is 2. The van der Waals surface area contributed by atoms with E-state index in [-0.39, 0.29) is 34.0 Å². The molecule has 6 nitrogen and oxygen atoms in total. The normalized spacial score (nSPS) is 14.7. The standard InChI is InChI=1S/C17H10F2O6/c1-22-9-5-10(20)16-11(21)7-13(23-15(16)6-9)8-2-3-12-14(4-8)25-17(18,19)24-12/h2-7,20H,1H3. The minimum absolute atomic E-state index is 0.00294. The maximum atomic E-state index is 13.1. The summed E-state index contributed by atoms with van der Waals surface area (Å²) in [4.78, 5) is 12.3. The number of phenols is 1. The third kappa shape index (κ3) is 2.51. The van der Waals surface area contributed by atoms with Crippen LogP contribution >= 0.6 is 0 Å². The van der Waals surface area contributed by atoms with E-state index in [0.29, 0.717) is 11.3 Å². The molecule has 0 radical (unpaired) electrons. The molecule has 0 fully saturated rings. The zero-order chi connectivity index (χ0) is 17.8. The summed E-state index contributed by atoms with van der Waals surface area (Å²) in [6.07, 6.45) is -3.73. The molecule has 3 aromatic rings. The number of hydrogen-bond donors (Lipinski definition) is 1. The highest BCUT2D eigenvalue weighted by Crippen LogP contribution is 2.43. The van der Waals surface area contributed by atoms with Gasteiger partial charge >= 0.3 is 6.29 Å². The van der Waals surface area contributed by atoms with Crippen LogP contribution in [0.25, 0.3) is 22.3 Å². The molecule has 1 aliphatic rings. The summed E-state index contributed by atoms with van der Waals surface area (Å²) in [5.41, 5.74) is -0.0527. The molecule has 0 aliphatic carbocycles. The Balaban J connectivity index is 1.87. The zero-order valence-electron chi connectivity index (χ0n) is 12.7. The van der Waals surface area contributed by atoms with Crippen LogP contribution < -0.4 is 19.6 Å². The van der Waals surface area contributed by atoms with Crippen molar-refractivity contribution in [3.05, 3.63) is 46.6 Å². The smallest absolute Gasteiger partial charge is 0.507 e. The van der Waals surface area contributed by atoms with E-state index in [1.54, 1.807) is 0 Å². The maximum absolute atomic E-state index is 13.1. The van der Waals surface area contributed by atoms with Crippen LogP contribution in [0.15, 0.2) is 45.6 Å². The Bertz CT molecular complexity index is 1060. The van der Waals surface area contributed by atoms with E-state index in [0.717, 1.165) is 6.07 Å². The van der Waals surface area contributed by atoms with Gasteiger partial charge in [-0.2, -0.15) is 0 Å². The minimum Gasteiger partial charge on any atom is -0.507 e. The van der Waals surface area contributed by atoms with Gasteiger partial charge in [0.1, 0.15) is 28.2 Å². The van der Waals surface area contributed by atoms with Gasteiger partial charge in [-0.1, -0.05) is 0 Å². The summed E-state index contributed by atoms with van der Waals surface area (Å²) < 4.78 is 45.6. The van der Waals surface area contributed by atoms with Gasteiger partial charge in [0, 0.05) is 23.8 Å². The van der Waals surface area contributed by atoms with Crippen LogP contribution in [0.1, 0.15) is 0 Å². The number of phenolic OH excluding ortho intramolecular Hbond substituents is 1. The first kappa shape index (κ1) is 15.3. The van der Waals surface area contributed by atoms with Crippen molar-refractivity contribution in [3.63, 3.8) is 0 Å². The van der Waals surface area contributed by atoms with Gasteiger partial charge in [0.25, 0.3) is 0 Å². The van der Waals surface area contributed by atoms with Crippen molar-refractivity contribution in [2.24, 2.45) is 0 Å². The van der Waals surface area contributed by atoms with Crippen LogP contribution in [0.4, 0.5) is 8.78 Å². The van der Waals surface area contributed by atoms with E-state index in [1.165, 1.54) is 37.4 Å². The van der Waals surface area contributed by atoms with Gasteiger partial charge in [-0.05, 0) is 18.2 Å². The van der Waals surface area contributed by atoms with Gasteiger partial charge in [0.2, 0.25) is 0 Å². The summed E-state index contributed by atoms with van der Waals surface area (Å²) in [5, 5.41) is 9.95. The molecule has 4 rings (SSSR count). The Kier molecular flexibility index (Phi) is 3.11. The number of benzene rings is 2. The minimum atomic E-state index is -3.73. The number of methoxy groups -OCH3 is 1. The van der Waals surface area contributed by atoms with E-state index in [2.05, 4.69) is 9.47 Å². The van der Waals surface area contributed by atoms with Crippen molar-refractivity contribution in [2.45, 2.75) is 6.29 Å². The summed E-state index contributed by atoms with van der Waals surface area (Å²) in [5.74, 6) is -0.141. The van der Waals surface area contributed by atoms with Crippen LogP contribution in [-0.2, 0) is 0 Å². The van der Waals surface area contributed by atoms with Gasteiger partial charge < -0.3 is 23.7 Å². The number of hydrogen-bond acceptors (Lipinski definition) is 6. The first-order valence-corrected chi connectivity index (χ1v) is 7.11. The molecule has 0 bridgehead atoms. The summed E-state index contributed by atoms with van der Waals surface area (Å²) >= 11 is 0. The van der Waals surface area contributed by atoms with Gasteiger partial charge in [0.15, 0.2) is 16.9 Å². The fourth-order valence-electron chi connectivity index (χ4n) is 2.61. The monoisotopic (exact) mass is 348 g/mol. The molecule has 0 saturated heterocycles. The summed E-state index contributed by atoms with van der Waals surface area (Å²) in [7, 11) is 1.40. The lowest BCUT2D eigenvalue weighted by atomic mass is 10.1. The molecule has 2 aromatic carbocycles. The number of ether oxygens (including phenoxy) is 3. The molecule has 8 heteroatoms. The predicted octanol–water partition coefficient (Wildman–Crippen LogP) is 3.50. The average Bonchev–Trinajstić information content (AvgIpc) is 2.86. The first-order chi connectivity index (χ1) is 11.9. The molecule has 0 atom stereocenters. The quantitative estimate of drug-likeness (QED) is 0.764. The van der Waals surface area contributed by atoms with E-state index in [4.69, 9.17) is 9.15 Å². The van der Waals surface area contributed by atoms with Gasteiger partial charge in [-0.25, -0.2) is 0 Å². The molecule has 1 aliphatic heterocycles. The van der Waals surface area contributed by atoms with Crippen LogP contribution in [0.2, 0.25) is 0 Å². The molecule has 0 unspecified atom stereocenters. The average molecular weight is 348 g/mol. The van der Waals surface area contributed by atoms with Crippen LogP contribution in [0.5, 0.6) is 23.0 Å². The Morgan fingerprint density at radius 2 is 1.84 bits per heavy atom. The lowest BCUT2D eigenvalue weighted by Gasteiger charge is -2.07. The van der Waals surface area contributed by atoms with Gasteiger partial charge in [-0.3, -0.25) is 4.79 Å². The van der Waals surface area contributed by atoms with E-state index < -0.39 is 11.7 Å². The Labute approximate surface area is 138 Å². The molecule has 0 spiro atoms. The molecule has 0 saturated carbocycles. The molecular weight excluding hydrogens is 338 g/mol. The number of alkyl halides is 2. The van der Waals surface area contributed by atoms with Gasteiger partial charge in [0.05, 0.1) is 7.11 Å². The molecule has 0 amide bonds. The Hall–Kier alpha value is -3.29. The largest absolute Gasteiger partial charge is 0.586 e. The van der Waals surface area contributed by atoms with Crippen molar-refractivity contribution >= 4 is 11.0 Å². The maximum Gasteiger partial charge on any atom is 0.586 e. The number of aromatic hydroxyl groups is 1. The number of rotatable bonds is 2. The predicted molar refractivity (Wildman–Crippen MR) is 82.3 cm³/mol. The van der Waals surface area contributed by atoms with Crippen LogP contribution in [-0.4, -0.2) is 18.5 Å². The third-order valence-electron chi connectivity index (χ3n) is 3.70. The van der Waals surface area contributed by atoms with E-state index >= 15 is 0 Å². The van der Waals surface area contributed by atoms with Crippen molar-refractivity contribution in [3.8, 4) is 34.3 Å². The highest BCUT2D eigenvalue weighted by Gasteiger charge is 2.43. The number of halogens is 2. The molecule has 25 heavy (non-hydrogen) atoms. The fourth-order valence-corrected chi connectivity index (χ4v) is 2.61. The zero-order valence-corrected chi connectivity index (χ0v) is 12.7. The SMILES string of the molecule is COc1cc(O)c2c(=O)cc(-c3ccc4c(c3)OC(F)(F)O4)oc2c1. The van der Waals surface area contributed by atoms with Crippen molar-refractivity contribution in [1.82, 2.24) is 0 Å². The Morgan fingerprint density at radius 3 is 2.60 bits per heavy atom. The second-order valence-corrected chi connectivity index (χ2v) is 5.32. The lowest BCUT2D eigenvalue weighted by Crippen LogP contribution is -2.25. The summed E-state index contributed by atoms with van der Waals surface area (Å²) in [6, 6.07) is 7.92. The Morgan fingerprint density at radius 1 is 1.08 bits per heavy atom.